The Labute approximate surface area is 135 Å². The average Bonchev–Trinajstić information content (AvgIpc) is 3.13. The Bertz CT molecular complexity index is 769. The van der Waals surface area contributed by atoms with Gasteiger partial charge in [0.15, 0.2) is 17.5 Å². The first-order chi connectivity index (χ1) is 11.5. The van der Waals surface area contributed by atoms with Gasteiger partial charge in [0.25, 0.3) is 11.8 Å². The molecule has 8 heteroatoms. The van der Waals surface area contributed by atoms with Crippen LogP contribution in [-0.4, -0.2) is 52.8 Å². The van der Waals surface area contributed by atoms with Crippen molar-refractivity contribution in [1.29, 1.82) is 0 Å². The molecule has 0 radical (unpaired) electrons. The maximum absolute atomic E-state index is 13.7. The maximum atomic E-state index is 13.7. The lowest BCUT2D eigenvalue weighted by molar-refractivity contribution is 0.0529. The number of halogens is 3. The van der Waals surface area contributed by atoms with Crippen molar-refractivity contribution < 1.29 is 22.8 Å². The Morgan fingerprint density at radius 3 is 2.08 bits per heavy atom. The molecule has 1 aromatic carbocycles. The van der Waals surface area contributed by atoms with Crippen LogP contribution in [-0.2, 0) is 0 Å². The number of aromatic amines is 1. The molecule has 126 valence electrons. The normalized spacial score (nSPS) is 14.8. The Morgan fingerprint density at radius 1 is 0.875 bits per heavy atom. The molecular weight excluding hydrogens is 323 g/mol. The van der Waals surface area contributed by atoms with Crippen molar-refractivity contribution in [2.75, 3.05) is 26.2 Å². The van der Waals surface area contributed by atoms with Crippen LogP contribution in [0, 0.1) is 17.5 Å². The van der Waals surface area contributed by atoms with Gasteiger partial charge in [-0.3, -0.25) is 9.59 Å². The minimum atomic E-state index is -1.67. The van der Waals surface area contributed by atoms with Gasteiger partial charge in [0, 0.05) is 32.4 Å². The third kappa shape index (κ3) is 2.86. The first-order valence-corrected chi connectivity index (χ1v) is 7.34. The van der Waals surface area contributed by atoms with E-state index in [0.717, 1.165) is 12.1 Å². The minimum Gasteiger partial charge on any atom is -0.357 e. The average molecular weight is 337 g/mol. The maximum Gasteiger partial charge on any atom is 0.270 e. The number of nitrogens with zero attached hydrogens (tertiary/aromatic N) is 2. The van der Waals surface area contributed by atoms with Crippen LogP contribution in [0.15, 0.2) is 30.5 Å². The number of amides is 2. The molecule has 1 saturated heterocycles. The van der Waals surface area contributed by atoms with E-state index >= 15 is 0 Å². The van der Waals surface area contributed by atoms with Crippen LogP contribution >= 0.6 is 0 Å². The standard InChI is InChI=1S/C16H14F3N3O2/c17-11-4-3-10(13(18)14(11)19)15(23)21-6-8-22(9-7-21)16(24)12-2-1-5-20-12/h1-5,20H,6-9H2. The fraction of sp³-hybridized carbons (Fsp3) is 0.250. The second-order valence-electron chi connectivity index (χ2n) is 5.39. The van der Waals surface area contributed by atoms with Gasteiger partial charge in [-0.2, -0.15) is 0 Å². The van der Waals surface area contributed by atoms with Gasteiger partial charge in [-0.15, -0.1) is 0 Å². The van der Waals surface area contributed by atoms with E-state index in [9.17, 15) is 22.8 Å². The van der Waals surface area contributed by atoms with E-state index < -0.39 is 28.9 Å². The summed E-state index contributed by atoms with van der Waals surface area (Å²) in [7, 11) is 0. The molecule has 24 heavy (non-hydrogen) atoms. The molecule has 2 heterocycles. The monoisotopic (exact) mass is 337 g/mol. The molecule has 0 bridgehead atoms. The Hall–Kier alpha value is -2.77. The number of nitrogens with one attached hydrogen (secondary N) is 1. The summed E-state index contributed by atoms with van der Waals surface area (Å²) in [6.45, 7) is 0.914. The summed E-state index contributed by atoms with van der Waals surface area (Å²) in [5, 5.41) is 0. The molecule has 0 aliphatic carbocycles. The highest BCUT2D eigenvalue weighted by molar-refractivity contribution is 5.95. The van der Waals surface area contributed by atoms with Gasteiger partial charge in [0.2, 0.25) is 0 Å². The number of H-pyrrole nitrogens is 1. The van der Waals surface area contributed by atoms with Crippen molar-refractivity contribution in [3.63, 3.8) is 0 Å². The third-order valence-corrected chi connectivity index (χ3v) is 3.95. The highest BCUT2D eigenvalue weighted by atomic mass is 19.2. The van der Waals surface area contributed by atoms with E-state index in [4.69, 9.17) is 0 Å². The van der Waals surface area contributed by atoms with Crippen LogP contribution in [0.4, 0.5) is 13.2 Å². The molecule has 0 saturated carbocycles. The van der Waals surface area contributed by atoms with Crippen molar-refractivity contribution in [2.45, 2.75) is 0 Å². The van der Waals surface area contributed by atoms with Gasteiger partial charge >= 0.3 is 0 Å². The van der Waals surface area contributed by atoms with E-state index in [2.05, 4.69) is 4.98 Å². The Balaban J connectivity index is 1.68. The molecule has 2 aromatic rings. The summed E-state index contributed by atoms with van der Waals surface area (Å²) in [6, 6.07) is 5.00. The summed E-state index contributed by atoms with van der Waals surface area (Å²) >= 11 is 0. The molecule has 3 rings (SSSR count). The molecule has 1 aliphatic rings. The molecule has 1 N–H and O–H groups in total. The second-order valence-corrected chi connectivity index (χ2v) is 5.39. The van der Waals surface area contributed by atoms with E-state index in [1.165, 1.54) is 4.90 Å². The van der Waals surface area contributed by atoms with Gasteiger partial charge in [0.1, 0.15) is 5.69 Å². The summed E-state index contributed by atoms with van der Waals surface area (Å²) in [4.78, 5) is 30.2. The lowest BCUT2D eigenvalue weighted by Crippen LogP contribution is -2.50. The fourth-order valence-electron chi connectivity index (χ4n) is 2.61. The number of benzene rings is 1. The van der Waals surface area contributed by atoms with E-state index in [1.54, 1.807) is 23.2 Å². The Kier molecular flexibility index (Phi) is 4.28. The summed E-state index contributed by atoms with van der Waals surface area (Å²) < 4.78 is 39.9. The number of carbonyl (C=O) groups excluding carboxylic acids is 2. The van der Waals surface area contributed by atoms with Crippen LogP contribution in [0.25, 0.3) is 0 Å². The van der Waals surface area contributed by atoms with Gasteiger partial charge in [-0.25, -0.2) is 13.2 Å². The number of piperazine rings is 1. The highest BCUT2D eigenvalue weighted by Gasteiger charge is 2.28. The van der Waals surface area contributed by atoms with Crippen LogP contribution < -0.4 is 0 Å². The van der Waals surface area contributed by atoms with Crippen molar-refractivity contribution in [3.8, 4) is 0 Å². The second kappa shape index (κ2) is 6.38. The lowest BCUT2D eigenvalue weighted by Gasteiger charge is -2.34. The molecule has 1 aromatic heterocycles. The smallest absolute Gasteiger partial charge is 0.270 e. The van der Waals surface area contributed by atoms with Gasteiger partial charge in [-0.1, -0.05) is 0 Å². The first-order valence-electron chi connectivity index (χ1n) is 7.34. The molecule has 0 unspecified atom stereocenters. The molecule has 0 spiro atoms. The Morgan fingerprint density at radius 2 is 1.50 bits per heavy atom. The van der Waals surface area contributed by atoms with Crippen molar-refractivity contribution in [3.05, 3.63) is 59.2 Å². The molecule has 5 nitrogen and oxygen atoms in total. The van der Waals surface area contributed by atoms with Gasteiger partial charge < -0.3 is 14.8 Å². The number of aromatic nitrogens is 1. The minimum absolute atomic E-state index is 0.184. The molecule has 0 atom stereocenters. The fourth-order valence-corrected chi connectivity index (χ4v) is 2.61. The number of hydrogen-bond donors (Lipinski definition) is 1. The van der Waals surface area contributed by atoms with Gasteiger partial charge in [-0.05, 0) is 24.3 Å². The van der Waals surface area contributed by atoms with E-state index in [-0.39, 0.29) is 32.1 Å². The SMILES string of the molecule is O=C(c1ccc[nH]1)N1CCN(C(=O)c2ccc(F)c(F)c2F)CC1. The number of carbonyl (C=O) groups is 2. The first kappa shape index (κ1) is 16.1. The summed E-state index contributed by atoms with van der Waals surface area (Å²) in [6.07, 6.45) is 1.64. The number of rotatable bonds is 2. The molecular formula is C16H14F3N3O2. The largest absolute Gasteiger partial charge is 0.357 e. The zero-order valence-corrected chi connectivity index (χ0v) is 12.6. The van der Waals surface area contributed by atoms with Crippen LogP contribution in [0.1, 0.15) is 20.8 Å². The van der Waals surface area contributed by atoms with Crippen LogP contribution in [0.5, 0.6) is 0 Å². The zero-order chi connectivity index (χ0) is 17.3. The highest BCUT2D eigenvalue weighted by Crippen LogP contribution is 2.18. The van der Waals surface area contributed by atoms with Crippen LogP contribution in [0.3, 0.4) is 0 Å². The summed E-state index contributed by atoms with van der Waals surface area (Å²) in [5.74, 6) is -5.42. The molecule has 1 aliphatic heterocycles. The predicted molar refractivity (Wildman–Crippen MR) is 78.9 cm³/mol. The molecule has 2 amide bonds. The zero-order valence-electron chi connectivity index (χ0n) is 12.6. The van der Waals surface area contributed by atoms with Crippen molar-refractivity contribution >= 4 is 11.8 Å². The van der Waals surface area contributed by atoms with E-state index in [1.807, 2.05) is 0 Å². The van der Waals surface area contributed by atoms with Crippen LogP contribution in [0.2, 0.25) is 0 Å². The third-order valence-electron chi connectivity index (χ3n) is 3.95. The van der Waals surface area contributed by atoms with Crippen molar-refractivity contribution in [1.82, 2.24) is 14.8 Å². The quantitative estimate of drug-likeness (QED) is 0.853. The number of hydrogen-bond acceptors (Lipinski definition) is 2. The van der Waals surface area contributed by atoms with Crippen molar-refractivity contribution in [2.24, 2.45) is 0 Å². The molecule has 1 fully saturated rings. The lowest BCUT2D eigenvalue weighted by atomic mass is 10.1. The summed E-state index contributed by atoms with van der Waals surface area (Å²) in [5.41, 5.74) is -0.0699. The van der Waals surface area contributed by atoms with E-state index in [0.29, 0.717) is 5.69 Å². The topological polar surface area (TPSA) is 56.4 Å². The van der Waals surface area contributed by atoms with Gasteiger partial charge in [0.05, 0.1) is 5.56 Å². The predicted octanol–water partition coefficient (Wildman–Crippen LogP) is 2.03.